The average molecular weight is 233 g/mol. The molecule has 1 aromatic heterocycles. The molecule has 0 amide bonds. The Morgan fingerprint density at radius 1 is 1.29 bits per heavy atom. The van der Waals surface area contributed by atoms with E-state index in [1.54, 1.807) is 13.8 Å². The molecule has 1 aromatic carbocycles. The van der Waals surface area contributed by atoms with Crippen molar-refractivity contribution in [1.82, 2.24) is 15.0 Å². The summed E-state index contributed by atoms with van der Waals surface area (Å²) in [6, 6.07) is 3.99. The highest BCUT2D eigenvalue weighted by atomic mass is 19.1. The van der Waals surface area contributed by atoms with Crippen molar-refractivity contribution >= 4 is 5.78 Å². The molecular formula is C12H12FN3O. The van der Waals surface area contributed by atoms with Crippen molar-refractivity contribution < 1.29 is 9.18 Å². The van der Waals surface area contributed by atoms with E-state index in [-0.39, 0.29) is 11.7 Å². The molecule has 2 rings (SSSR count). The lowest BCUT2D eigenvalue weighted by Gasteiger charge is -2.09. The van der Waals surface area contributed by atoms with E-state index in [0.29, 0.717) is 11.3 Å². The molecule has 0 bridgehead atoms. The molecule has 88 valence electrons. The van der Waals surface area contributed by atoms with Gasteiger partial charge in [-0.3, -0.25) is 4.79 Å². The van der Waals surface area contributed by atoms with Crippen molar-refractivity contribution in [3.05, 3.63) is 42.0 Å². The fraction of sp³-hybridized carbons (Fsp3) is 0.250. The summed E-state index contributed by atoms with van der Waals surface area (Å²) in [6.45, 7) is 3.60. The van der Waals surface area contributed by atoms with Crippen LogP contribution in [0.15, 0.2) is 30.6 Å². The van der Waals surface area contributed by atoms with Crippen LogP contribution in [0.25, 0.3) is 5.69 Å². The van der Waals surface area contributed by atoms with Gasteiger partial charge in [0.1, 0.15) is 5.82 Å². The molecule has 0 saturated carbocycles. The SMILES string of the molecule is CC(C)C(=O)c1ccc(F)cc1-n1nccn1. The number of halogens is 1. The van der Waals surface area contributed by atoms with Crippen LogP contribution in [0.1, 0.15) is 24.2 Å². The topological polar surface area (TPSA) is 47.8 Å². The Hall–Kier alpha value is -2.04. The maximum Gasteiger partial charge on any atom is 0.167 e. The van der Waals surface area contributed by atoms with Crippen LogP contribution >= 0.6 is 0 Å². The molecule has 0 saturated heterocycles. The van der Waals surface area contributed by atoms with Gasteiger partial charge >= 0.3 is 0 Å². The Labute approximate surface area is 98.1 Å². The molecule has 0 fully saturated rings. The van der Waals surface area contributed by atoms with Crippen LogP contribution in [0.2, 0.25) is 0 Å². The summed E-state index contributed by atoms with van der Waals surface area (Å²) >= 11 is 0. The molecule has 0 aliphatic rings. The first-order valence-corrected chi connectivity index (χ1v) is 5.30. The second-order valence-electron chi connectivity index (χ2n) is 4.00. The minimum absolute atomic E-state index is 0.0581. The summed E-state index contributed by atoms with van der Waals surface area (Å²) in [5, 5.41) is 7.83. The maximum atomic E-state index is 13.2. The van der Waals surface area contributed by atoms with Gasteiger partial charge in [-0.2, -0.15) is 15.0 Å². The number of aromatic nitrogens is 3. The lowest BCUT2D eigenvalue weighted by molar-refractivity contribution is 0.0939. The van der Waals surface area contributed by atoms with E-state index in [4.69, 9.17) is 0 Å². The van der Waals surface area contributed by atoms with E-state index in [2.05, 4.69) is 10.2 Å². The zero-order valence-electron chi connectivity index (χ0n) is 9.59. The zero-order chi connectivity index (χ0) is 12.4. The molecule has 0 aliphatic carbocycles. The highest BCUT2D eigenvalue weighted by molar-refractivity contribution is 6.00. The van der Waals surface area contributed by atoms with Gasteiger partial charge < -0.3 is 0 Å². The van der Waals surface area contributed by atoms with Crippen LogP contribution in [0.5, 0.6) is 0 Å². The number of carbonyl (C=O) groups excluding carboxylic acids is 1. The normalized spacial score (nSPS) is 10.8. The van der Waals surface area contributed by atoms with Crippen LogP contribution in [-0.4, -0.2) is 20.8 Å². The van der Waals surface area contributed by atoms with E-state index in [0.717, 1.165) is 0 Å². The van der Waals surface area contributed by atoms with Gasteiger partial charge in [-0.1, -0.05) is 13.8 Å². The van der Waals surface area contributed by atoms with E-state index in [1.807, 2.05) is 0 Å². The molecule has 0 atom stereocenters. The Morgan fingerprint density at radius 3 is 2.53 bits per heavy atom. The minimum atomic E-state index is -0.419. The molecule has 2 aromatic rings. The van der Waals surface area contributed by atoms with Gasteiger partial charge in [0, 0.05) is 17.5 Å². The number of Topliss-reactive ketones (excluding diaryl/α,β-unsaturated/α-hetero) is 1. The second-order valence-corrected chi connectivity index (χ2v) is 4.00. The molecule has 0 radical (unpaired) electrons. The van der Waals surface area contributed by atoms with E-state index < -0.39 is 5.82 Å². The summed E-state index contributed by atoms with van der Waals surface area (Å²) in [5.74, 6) is -0.635. The monoisotopic (exact) mass is 233 g/mol. The van der Waals surface area contributed by atoms with Crippen molar-refractivity contribution in [2.75, 3.05) is 0 Å². The first kappa shape index (κ1) is 11.4. The third-order valence-electron chi connectivity index (χ3n) is 2.38. The van der Waals surface area contributed by atoms with Crippen molar-refractivity contribution in [3.63, 3.8) is 0 Å². The fourth-order valence-corrected chi connectivity index (χ4v) is 1.53. The Morgan fingerprint density at radius 2 is 1.94 bits per heavy atom. The van der Waals surface area contributed by atoms with E-state index in [9.17, 15) is 9.18 Å². The van der Waals surface area contributed by atoms with Crippen molar-refractivity contribution in [2.24, 2.45) is 5.92 Å². The van der Waals surface area contributed by atoms with Crippen molar-refractivity contribution in [2.45, 2.75) is 13.8 Å². The van der Waals surface area contributed by atoms with Gasteiger partial charge in [-0.25, -0.2) is 4.39 Å². The number of rotatable bonds is 3. The van der Waals surface area contributed by atoms with E-state index in [1.165, 1.54) is 35.4 Å². The highest BCUT2D eigenvalue weighted by Crippen LogP contribution is 2.18. The summed E-state index contributed by atoms with van der Waals surface area (Å²) < 4.78 is 13.2. The van der Waals surface area contributed by atoms with Gasteiger partial charge in [0.05, 0.1) is 18.1 Å². The summed E-state index contributed by atoms with van der Waals surface area (Å²) in [6.07, 6.45) is 2.96. The van der Waals surface area contributed by atoms with Crippen LogP contribution in [0.4, 0.5) is 4.39 Å². The van der Waals surface area contributed by atoms with Crippen molar-refractivity contribution in [1.29, 1.82) is 0 Å². The number of nitrogens with zero attached hydrogens (tertiary/aromatic N) is 3. The van der Waals surface area contributed by atoms with Gasteiger partial charge in [0.2, 0.25) is 0 Å². The largest absolute Gasteiger partial charge is 0.294 e. The van der Waals surface area contributed by atoms with Gasteiger partial charge in [0.25, 0.3) is 0 Å². The third-order valence-corrected chi connectivity index (χ3v) is 2.38. The summed E-state index contributed by atoms with van der Waals surface area (Å²) in [4.78, 5) is 13.2. The number of ketones is 1. The maximum absolute atomic E-state index is 13.2. The first-order valence-electron chi connectivity index (χ1n) is 5.30. The predicted octanol–water partition coefficient (Wildman–Crippen LogP) is 2.25. The fourth-order valence-electron chi connectivity index (χ4n) is 1.53. The first-order chi connectivity index (χ1) is 8.09. The quantitative estimate of drug-likeness (QED) is 0.764. The number of benzene rings is 1. The van der Waals surface area contributed by atoms with Crippen LogP contribution in [-0.2, 0) is 0 Å². The zero-order valence-corrected chi connectivity index (χ0v) is 9.59. The van der Waals surface area contributed by atoms with Crippen LogP contribution in [0.3, 0.4) is 0 Å². The molecule has 1 heterocycles. The third kappa shape index (κ3) is 2.22. The van der Waals surface area contributed by atoms with E-state index >= 15 is 0 Å². The molecule has 5 heteroatoms. The number of carbonyl (C=O) groups is 1. The molecule has 0 aliphatic heterocycles. The molecule has 17 heavy (non-hydrogen) atoms. The van der Waals surface area contributed by atoms with Gasteiger partial charge in [-0.05, 0) is 12.1 Å². The average Bonchev–Trinajstić information content (AvgIpc) is 2.81. The molecule has 0 N–H and O–H groups in total. The summed E-state index contributed by atoms with van der Waals surface area (Å²) in [7, 11) is 0. The number of hydrogen-bond donors (Lipinski definition) is 0. The van der Waals surface area contributed by atoms with Crippen LogP contribution < -0.4 is 0 Å². The van der Waals surface area contributed by atoms with Gasteiger partial charge in [-0.15, -0.1) is 0 Å². The Kier molecular flexibility index (Phi) is 2.99. The standard InChI is InChI=1S/C12H12FN3O/c1-8(2)12(17)10-4-3-9(13)7-11(10)16-14-5-6-15-16/h3-8H,1-2H3. The smallest absolute Gasteiger partial charge is 0.167 e. The molecular weight excluding hydrogens is 221 g/mol. The van der Waals surface area contributed by atoms with Crippen LogP contribution in [0, 0.1) is 11.7 Å². The molecule has 0 unspecified atom stereocenters. The molecule has 4 nitrogen and oxygen atoms in total. The minimum Gasteiger partial charge on any atom is -0.294 e. The second kappa shape index (κ2) is 4.45. The predicted molar refractivity (Wildman–Crippen MR) is 60.5 cm³/mol. The number of hydrogen-bond acceptors (Lipinski definition) is 3. The highest BCUT2D eigenvalue weighted by Gasteiger charge is 2.17. The Bertz CT molecular complexity index is 535. The lowest BCUT2D eigenvalue weighted by Crippen LogP contribution is -2.13. The Balaban J connectivity index is 2.56. The van der Waals surface area contributed by atoms with Crippen molar-refractivity contribution in [3.8, 4) is 5.69 Å². The van der Waals surface area contributed by atoms with Gasteiger partial charge in [0.15, 0.2) is 5.78 Å². The summed E-state index contributed by atoms with van der Waals surface area (Å²) in [5.41, 5.74) is 0.798. The lowest BCUT2D eigenvalue weighted by atomic mass is 9.99. The molecule has 0 spiro atoms.